The molecule has 1 aromatic heterocycles. The summed E-state index contributed by atoms with van der Waals surface area (Å²) in [4.78, 5) is 0.0254. The van der Waals surface area contributed by atoms with Gasteiger partial charge in [0.05, 0.1) is 11.4 Å². The van der Waals surface area contributed by atoms with E-state index in [1.54, 1.807) is 26.1 Å². The zero-order valence-electron chi connectivity index (χ0n) is 11.8. The Labute approximate surface area is 123 Å². The van der Waals surface area contributed by atoms with Crippen LogP contribution in [0.3, 0.4) is 0 Å². The fraction of sp³-hybridized carbons (Fsp3) is 0.286. The minimum Gasteiger partial charge on any atom is -0.465 e. The molecule has 0 atom stereocenters. The quantitative estimate of drug-likeness (QED) is 0.855. The number of benzene rings is 1. The Kier molecular flexibility index (Phi) is 4.76. The Morgan fingerprint density at radius 2 is 1.95 bits per heavy atom. The fourth-order valence-electron chi connectivity index (χ4n) is 1.87. The van der Waals surface area contributed by atoms with Gasteiger partial charge in [-0.15, -0.1) is 0 Å². The summed E-state index contributed by atoms with van der Waals surface area (Å²) in [5.41, 5.74) is 0.300. The molecule has 0 bridgehead atoms. The van der Waals surface area contributed by atoms with Gasteiger partial charge in [0, 0.05) is 12.1 Å². The topological polar surface area (TPSA) is 71.3 Å². The van der Waals surface area contributed by atoms with Gasteiger partial charge in [0.2, 0.25) is 10.0 Å². The van der Waals surface area contributed by atoms with Crippen LogP contribution in [0.4, 0.5) is 4.39 Å². The van der Waals surface area contributed by atoms with E-state index in [-0.39, 0.29) is 18.0 Å². The van der Waals surface area contributed by atoms with Crippen LogP contribution < -0.4 is 10.0 Å². The van der Waals surface area contributed by atoms with Crippen molar-refractivity contribution in [2.24, 2.45) is 0 Å². The summed E-state index contributed by atoms with van der Waals surface area (Å²) < 4.78 is 45.6. The van der Waals surface area contributed by atoms with Gasteiger partial charge >= 0.3 is 0 Å². The Morgan fingerprint density at radius 3 is 2.57 bits per heavy atom. The van der Waals surface area contributed by atoms with E-state index >= 15 is 0 Å². The molecule has 0 aliphatic rings. The van der Waals surface area contributed by atoms with Crippen molar-refractivity contribution >= 4 is 10.0 Å². The molecule has 0 unspecified atom stereocenters. The van der Waals surface area contributed by atoms with Crippen LogP contribution in [0.5, 0.6) is 0 Å². The Bertz CT molecular complexity index is 726. The summed E-state index contributed by atoms with van der Waals surface area (Å²) in [6.07, 6.45) is 0. The summed E-state index contributed by atoms with van der Waals surface area (Å²) in [5, 5.41) is 2.79. The first kappa shape index (κ1) is 15.7. The molecule has 114 valence electrons. The van der Waals surface area contributed by atoms with Crippen molar-refractivity contribution < 1.29 is 17.2 Å². The molecule has 0 aliphatic heterocycles. The van der Waals surface area contributed by atoms with Crippen LogP contribution in [0.1, 0.15) is 17.1 Å². The van der Waals surface area contributed by atoms with Crippen molar-refractivity contribution in [3.63, 3.8) is 0 Å². The van der Waals surface area contributed by atoms with Crippen molar-refractivity contribution in [3.8, 4) is 0 Å². The SMILES string of the molecule is CNCc1cc(S(=O)(=O)NCc2ccc(C)o2)ccc1F. The predicted octanol–water partition coefficient (Wildman–Crippen LogP) is 1.93. The lowest BCUT2D eigenvalue weighted by Crippen LogP contribution is -2.23. The molecular weight excluding hydrogens is 295 g/mol. The van der Waals surface area contributed by atoms with Crippen LogP contribution in [-0.2, 0) is 23.1 Å². The summed E-state index contributed by atoms with van der Waals surface area (Å²) in [5.74, 6) is 0.792. The van der Waals surface area contributed by atoms with Gasteiger partial charge in [-0.2, -0.15) is 0 Å². The van der Waals surface area contributed by atoms with Crippen molar-refractivity contribution in [1.29, 1.82) is 0 Å². The number of furan rings is 1. The zero-order chi connectivity index (χ0) is 15.5. The summed E-state index contributed by atoms with van der Waals surface area (Å²) >= 11 is 0. The summed E-state index contributed by atoms with van der Waals surface area (Å²) in [6.45, 7) is 2.09. The maximum atomic E-state index is 13.5. The lowest BCUT2D eigenvalue weighted by atomic mass is 10.2. The number of hydrogen-bond donors (Lipinski definition) is 2. The van der Waals surface area contributed by atoms with Gasteiger partial charge in [-0.3, -0.25) is 0 Å². The first-order valence-corrected chi connectivity index (χ1v) is 7.88. The Morgan fingerprint density at radius 1 is 1.19 bits per heavy atom. The second kappa shape index (κ2) is 6.38. The molecular formula is C14H17FN2O3S. The molecule has 0 fully saturated rings. The van der Waals surface area contributed by atoms with Crippen LogP contribution in [-0.4, -0.2) is 15.5 Å². The normalized spacial score (nSPS) is 11.8. The maximum absolute atomic E-state index is 13.5. The van der Waals surface area contributed by atoms with Crippen molar-refractivity contribution in [2.45, 2.75) is 24.9 Å². The number of halogens is 1. The molecule has 0 aliphatic carbocycles. The molecule has 0 spiro atoms. The van der Waals surface area contributed by atoms with E-state index in [0.717, 1.165) is 6.07 Å². The third-order valence-corrected chi connectivity index (χ3v) is 4.33. The van der Waals surface area contributed by atoms with Crippen LogP contribution in [0.25, 0.3) is 0 Å². The lowest BCUT2D eigenvalue weighted by molar-refractivity contribution is 0.475. The van der Waals surface area contributed by atoms with Gasteiger partial charge in [0.1, 0.15) is 17.3 Å². The van der Waals surface area contributed by atoms with Crippen LogP contribution >= 0.6 is 0 Å². The van der Waals surface area contributed by atoms with Gasteiger partial charge < -0.3 is 9.73 Å². The molecule has 21 heavy (non-hydrogen) atoms. The number of hydrogen-bond acceptors (Lipinski definition) is 4. The average molecular weight is 312 g/mol. The van der Waals surface area contributed by atoms with Crippen molar-refractivity contribution in [3.05, 3.63) is 53.2 Å². The molecule has 0 radical (unpaired) electrons. The molecule has 0 saturated heterocycles. The Hall–Kier alpha value is -1.70. The Balaban J connectivity index is 2.17. The highest BCUT2D eigenvalue weighted by molar-refractivity contribution is 7.89. The molecule has 0 amide bonds. The number of rotatable bonds is 6. The first-order chi connectivity index (χ1) is 9.92. The highest BCUT2D eigenvalue weighted by Gasteiger charge is 2.16. The third kappa shape index (κ3) is 3.90. The zero-order valence-corrected chi connectivity index (χ0v) is 12.6. The summed E-state index contributed by atoms with van der Waals surface area (Å²) in [7, 11) is -2.05. The second-order valence-electron chi connectivity index (χ2n) is 4.62. The van der Waals surface area contributed by atoms with E-state index in [1.165, 1.54) is 12.1 Å². The minimum absolute atomic E-state index is 0.0254. The van der Waals surface area contributed by atoms with Gasteiger partial charge in [-0.1, -0.05) is 0 Å². The van der Waals surface area contributed by atoms with Gasteiger partial charge in [0.25, 0.3) is 0 Å². The van der Waals surface area contributed by atoms with Crippen molar-refractivity contribution in [1.82, 2.24) is 10.0 Å². The average Bonchev–Trinajstić information content (AvgIpc) is 2.85. The molecule has 2 aromatic rings. The minimum atomic E-state index is -3.71. The van der Waals surface area contributed by atoms with E-state index < -0.39 is 15.8 Å². The smallest absolute Gasteiger partial charge is 0.240 e. The second-order valence-corrected chi connectivity index (χ2v) is 6.39. The van der Waals surface area contributed by atoms with Crippen LogP contribution in [0.2, 0.25) is 0 Å². The van der Waals surface area contributed by atoms with E-state index in [2.05, 4.69) is 10.0 Å². The standard InChI is InChI=1S/C14H17FN2O3S/c1-10-3-4-12(20-10)9-17-21(18,19)13-5-6-14(15)11(7-13)8-16-2/h3-7,16-17H,8-9H2,1-2H3. The van der Waals surface area contributed by atoms with E-state index in [4.69, 9.17) is 4.42 Å². The molecule has 5 nitrogen and oxygen atoms in total. The fourth-order valence-corrected chi connectivity index (χ4v) is 2.92. The van der Waals surface area contributed by atoms with Crippen LogP contribution in [0.15, 0.2) is 39.6 Å². The molecule has 0 saturated carbocycles. The number of aryl methyl sites for hydroxylation is 1. The van der Waals surface area contributed by atoms with E-state index in [1.807, 2.05) is 0 Å². The third-order valence-electron chi connectivity index (χ3n) is 2.93. The van der Waals surface area contributed by atoms with Gasteiger partial charge in [0.15, 0.2) is 0 Å². The van der Waals surface area contributed by atoms with Crippen molar-refractivity contribution in [2.75, 3.05) is 7.05 Å². The number of sulfonamides is 1. The molecule has 2 N–H and O–H groups in total. The first-order valence-electron chi connectivity index (χ1n) is 6.40. The van der Waals surface area contributed by atoms with E-state index in [9.17, 15) is 12.8 Å². The van der Waals surface area contributed by atoms with Gasteiger partial charge in [-0.05, 0) is 44.3 Å². The molecule has 1 heterocycles. The lowest BCUT2D eigenvalue weighted by Gasteiger charge is -2.08. The van der Waals surface area contributed by atoms with Gasteiger partial charge in [-0.25, -0.2) is 17.5 Å². The highest BCUT2D eigenvalue weighted by atomic mass is 32.2. The monoisotopic (exact) mass is 312 g/mol. The van der Waals surface area contributed by atoms with E-state index in [0.29, 0.717) is 17.1 Å². The molecule has 7 heteroatoms. The molecule has 1 aromatic carbocycles. The predicted molar refractivity (Wildman–Crippen MR) is 76.6 cm³/mol. The highest BCUT2D eigenvalue weighted by Crippen LogP contribution is 2.16. The maximum Gasteiger partial charge on any atom is 0.240 e. The number of nitrogens with one attached hydrogen (secondary N) is 2. The molecule has 2 rings (SSSR count). The largest absolute Gasteiger partial charge is 0.465 e. The summed E-state index contributed by atoms with van der Waals surface area (Å²) in [6, 6.07) is 7.17. The van der Waals surface area contributed by atoms with Crippen LogP contribution in [0, 0.1) is 12.7 Å².